The molecule has 3 N–H and O–H groups in total. The van der Waals surface area contributed by atoms with E-state index in [1.54, 1.807) is 0 Å². The van der Waals surface area contributed by atoms with Crippen LogP contribution in [0.25, 0.3) is 0 Å². The number of nitrogens with two attached hydrogens (primary N) is 1. The normalized spacial score (nSPS) is 28.1. The number of carbonyl (C=O) groups is 1. The van der Waals surface area contributed by atoms with Gasteiger partial charge in [0, 0.05) is 5.69 Å². The Morgan fingerprint density at radius 1 is 1.33 bits per heavy atom. The molecule has 1 aromatic rings. The van der Waals surface area contributed by atoms with Gasteiger partial charge in [-0.1, -0.05) is 20.8 Å². The molecule has 4 heteroatoms. The van der Waals surface area contributed by atoms with Gasteiger partial charge in [0.15, 0.2) is 0 Å². The summed E-state index contributed by atoms with van der Waals surface area (Å²) >= 11 is 0. The van der Waals surface area contributed by atoms with Gasteiger partial charge in [-0.2, -0.15) is 0 Å². The summed E-state index contributed by atoms with van der Waals surface area (Å²) < 4.78 is 13.6. The molecule has 1 fully saturated rings. The number of aryl methyl sites for hydroxylation is 1. The Hall–Kier alpha value is -1.58. The Morgan fingerprint density at radius 2 is 2.00 bits per heavy atom. The second kappa shape index (κ2) is 5.32. The monoisotopic (exact) mass is 292 g/mol. The molecule has 0 radical (unpaired) electrons. The predicted octanol–water partition coefficient (Wildman–Crippen LogP) is 3.62. The minimum Gasteiger partial charge on any atom is -0.371 e. The number of rotatable bonds is 3. The second-order valence-electron chi connectivity index (χ2n) is 7.44. The summed E-state index contributed by atoms with van der Waals surface area (Å²) in [6, 6.07) is 4.74. The van der Waals surface area contributed by atoms with Gasteiger partial charge >= 0.3 is 0 Å². The van der Waals surface area contributed by atoms with Gasteiger partial charge < -0.3 is 11.1 Å². The Labute approximate surface area is 126 Å². The van der Waals surface area contributed by atoms with Crippen LogP contribution in [0.15, 0.2) is 18.2 Å². The molecule has 21 heavy (non-hydrogen) atoms. The van der Waals surface area contributed by atoms with Gasteiger partial charge in [0.2, 0.25) is 5.91 Å². The van der Waals surface area contributed by atoms with Gasteiger partial charge in [-0.25, -0.2) is 4.39 Å². The molecule has 2 rings (SSSR count). The molecule has 116 valence electrons. The molecule has 0 aromatic heterocycles. The second-order valence-corrected chi connectivity index (χ2v) is 7.44. The van der Waals surface area contributed by atoms with E-state index in [9.17, 15) is 9.18 Å². The Kier molecular flexibility index (Phi) is 4.00. The Bertz CT molecular complexity index is 535. The molecule has 0 aliphatic heterocycles. The van der Waals surface area contributed by atoms with E-state index < -0.39 is 5.54 Å². The number of carbonyl (C=O) groups excluding carboxylic acids is 1. The van der Waals surface area contributed by atoms with Crippen LogP contribution in [0.1, 0.15) is 45.6 Å². The summed E-state index contributed by atoms with van der Waals surface area (Å²) in [7, 11) is 0. The van der Waals surface area contributed by atoms with E-state index in [0.717, 1.165) is 12.0 Å². The highest BCUT2D eigenvalue weighted by Crippen LogP contribution is 2.45. The Morgan fingerprint density at radius 3 is 2.52 bits per heavy atom. The van der Waals surface area contributed by atoms with E-state index in [1.165, 1.54) is 12.1 Å². The summed E-state index contributed by atoms with van der Waals surface area (Å²) in [6.45, 7) is 8.27. The summed E-state index contributed by atoms with van der Waals surface area (Å²) in [5.74, 6) is -0.271. The smallest absolute Gasteiger partial charge is 0.243 e. The van der Waals surface area contributed by atoms with Crippen molar-refractivity contribution in [3.8, 4) is 0 Å². The van der Waals surface area contributed by atoms with E-state index >= 15 is 0 Å². The molecule has 0 spiro atoms. The topological polar surface area (TPSA) is 55.1 Å². The van der Waals surface area contributed by atoms with Crippen LogP contribution in [-0.2, 0) is 4.79 Å². The molecular weight excluding hydrogens is 267 g/mol. The number of hydrogen-bond donors (Lipinski definition) is 2. The average molecular weight is 292 g/mol. The van der Waals surface area contributed by atoms with Gasteiger partial charge in [-0.15, -0.1) is 0 Å². The number of hydrogen-bond acceptors (Lipinski definition) is 2. The number of primary amides is 1. The first-order chi connectivity index (χ1) is 9.62. The van der Waals surface area contributed by atoms with Crippen molar-refractivity contribution < 1.29 is 9.18 Å². The lowest BCUT2D eigenvalue weighted by Gasteiger charge is -2.46. The first-order valence-corrected chi connectivity index (χ1v) is 7.47. The standard InChI is InChI=1S/C17H25FN2O/c1-11-5-13(18)7-14(6-11)20-17(15(19)21)9-12(2)8-16(3,4)10-17/h5-7,12,20H,8-10H2,1-4H3,(H2,19,21). The summed E-state index contributed by atoms with van der Waals surface area (Å²) in [6.07, 6.45) is 2.41. The number of benzene rings is 1. The Balaban J connectivity index is 2.36. The lowest BCUT2D eigenvalue weighted by atomic mass is 9.64. The van der Waals surface area contributed by atoms with Gasteiger partial charge in [0.25, 0.3) is 0 Å². The number of halogens is 1. The fraction of sp³-hybridized carbons (Fsp3) is 0.588. The van der Waals surface area contributed by atoms with Crippen molar-refractivity contribution in [3.05, 3.63) is 29.6 Å². The summed E-state index contributed by atoms with van der Waals surface area (Å²) in [5, 5.41) is 3.25. The molecule has 2 atom stereocenters. The minimum absolute atomic E-state index is 0.0298. The van der Waals surface area contributed by atoms with E-state index in [1.807, 2.05) is 13.0 Å². The highest BCUT2D eigenvalue weighted by atomic mass is 19.1. The van der Waals surface area contributed by atoms with E-state index in [2.05, 4.69) is 26.1 Å². The van der Waals surface area contributed by atoms with Crippen LogP contribution in [-0.4, -0.2) is 11.4 Å². The lowest BCUT2D eigenvalue weighted by molar-refractivity contribution is -0.125. The zero-order valence-electron chi connectivity index (χ0n) is 13.3. The third kappa shape index (κ3) is 3.55. The molecule has 0 heterocycles. The van der Waals surface area contributed by atoms with E-state index in [4.69, 9.17) is 5.73 Å². The number of amides is 1. The van der Waals surface area contributed by atoms with Crippen molar-refractivity contribution in [1.82, 2.24) is 0 Å². The van der Waals surface area contributed by atoms with Crippen LogP contribution >= 0.6 is 0 Å². The van der Waals surface area contributed by atoms with Gasteiger partial charge in [0.05, 0.1) is 0 Å². The van der Waals surface area contributed by atoms with Crippen molar-refractivity contribution in [2.45, 2.75) is 52.5 Å². The van der Waals surface area contributed by atoms with Crippen molar-refractivity contribution in [1.29, 1.82) is 0 Å². The average Bonchev–Trinajstić information content (AvgIpc) is 2.23. The zero-order chi connectivity index (χ0) is 15.8. The third-order valence-corrected chi connectivity index (χ3v) is 4.28. The fourth-order valence-corrected chi connectivity index (χ4v) is 4.00. The predicted molar refractivity (Wildman–Crippen MR) is 83.5 cm³/mol. The van der Waals surface area contributed by atoms with Crippen molar-refractivity contribution >= 4 is 11.6 Å². The van der Waals surface area contributed by atoms with Crippen LogP contribution in [0.3, 0.4) is 0 Å². The molecule has 2 unspecified atom stereocenters. The maximum Gasteiger partial charge on any atom is 0.243 e. The SMILES string of the molecule is Cc1cc(F)cc(NC2(C(N)=O)CC(C)CC(C)(C)C2)c1. The lowest BCUT2D eigenvalue weighted by Crippen LogP contribution is -2.56. The van der Waals surface area contributed by atoms with Crippen LogP contribution in [0.5, 0.6) is 0 Å². The van der Waals surface area contributed by atoms with Gasteiger partial charge in [-0.05, 0) is 61.3 Å². The zero-order valence-corrected chi connectivity index (χ0v) is 13.3. The molecule has 3 nitrogen and oxygen atoms in total. The molecule has 1 aromatic carbocycles. The summed E-state index contributed by atoms with van der Waals surface area (Å²) in [5.41, 5.74) is 6.38. The van der Waals surface area contributed by atoms with E-state index in [-0.39, 0.29) is 17.1 Å². The maximum absolute atomic E-state index is 13.6. The van der Waals surface area contributed by atoms with Crippen LogP contribution in [0, 0.1) is 24.1 Å². The van der Waals surface area contributed by atoms with Gasteiger partial charge in [0.1, 0.15) is 11.4 Å². The highest BCUT2D eigenvalue weighted by Gasteiger charge is 2.47. The minimum atomic E-state index is -0.804. The molecule has 1 amide bonds. The molecule has 0 saturated heterocycles. The van der Waals surface area contributed by atoms with Crippen molar-refractivity contribution in [2.75, 3.05) is 5.32 Å². The fourth-order valence-electron chi connectivity index (χ4n) is 4.00. The largest absolute Gasteiger partial charge is 0.371 e. The third-order valence-electron chi connectivity index (χ3n) is 4.28. The summed E-state index contributed by atoms with van der Waals surface area (Å²) in [4.78, 5) is 12.1. The molecule has 1 saturated carbocycles. The first kappa shape index (κ1) is 15.8. The van der Waals surface area contributed by atoms with Crippen LogP contribution in [0.2, 0.25) is 0 Å². The van der Waals surface area contributed by atoms with Crippen LogP contribution in [0.4, 0.5) is 10.1 Å². The molecule has 1 aliphatic rings. The molecule has 0 bridgehead atoms. The molecule has 1 aliphatic carbocycles. The van der Waals surface area contributed by atoms with Crippen molar-refractivity contribution in [2.24, 2.45) is 17.1 Å². The van der Waals surface area contributed by atoms with Crippen LogP contribution < -0.4 is 11.1 Å². The number of nitrogens with one attached hydrogen (secondary N) is 1. The quantitative estimate of drug-likeness (QED) is 0.894. The highest BCUT2D eigenvalue weighted by molar-refractivity contribution is 5.88. The number of anilines is 1. The van der Waals surface area contributed by atoms with Gasteiger partial charge in [-0.3, -0.25) is 4.79 Å². The molecular formula is C17H25FN2O. The van der Waals surface area contributed by atoms with Crippen molar-refractivity contribution in [3.63, 3.8) is 0 Å². The van der Waals surface area contributed by atoms with E-state index in [0.29, 0.717) is 24.4 Å². The first-order valence-electron chi connectivity index (χ1n) is 7.47. The maximum atomic E-state index is 13.6.